The number of nitrogens with two attached hydrogens (primary N) is 1. The van der Waals surface area contributed by atoms with Gasteiger partial charge in [-0.05, 0) is 39.7 Å². The van der Waals surface area contributed by atoms with Crippen LogP contribution < -0.4 is 15.4 Å². The molecule has 2 heterocycles. The number of halogens is 4. The number of piperazine rings is 1. The van der Waals surface area contributed by atoms with E-state index in [0.717, 1.165) is 21.6 Å². The van der Waals surface area contributed by atoms with Gasteiger partial charge in [0.15, 0.2) is 0 Å². The van der Waals surface area contributed by atoms with Gasteiger partial charge >= 0.3 is 12.3 Å². The lowest BCUT2D eigenvalue weighted by Gasteiger charge is -2.36. The van der Waals surface area contributed by atoms with Gasteiger partial charge in [0.1, 0.15) is 5.58 Å². The smallest absolute Gasteiger partial charge is 0.416 e. The molecule has 0 saturated carbocycles. The van der Waals surface area contributed by atoms with Crippen LogP contribution >= 0.6 is 15.9 Å². The number of nitrogens with zero attached hydrogens (tertiary/aromatic N) is 2. The van der Waals surface area contributed by atoms with Crippen molar-refractivity contribution >= 4 is 38.7 Å². The lowest BCUT2D eigenvalue weighted by atomic mass is 10.1. The van der Waals surface area contributed by atoms with Crippen LogP contribution in [0.4, 0.5) is 23.7 Å². The monoisotopic (exact) mass is 497 g/mol. The molecule has 31 heavy (non-hydrogen) atoms. The van der Waals surface area contributed by atoms with Crippen LogP contribution in [0.2, 0.25) is 0 Å². The third-order valence-corrected chi connectivity index (χ3v) is 6.00. The molecule has 2 aromatic carbocycles. The maximum atomic E-state index is 12.9. The Hall–Kier alpha value is -2.72. The highest BCUT2D eigenvalue weighted by molar-refractivity contribution is 9.10. The van der Waals surface area contributed by atoms with E-state index in [-0.39, 0.29) is 5.95 Å². The molecule has 1 saturated heterocycles. The number of furan rings is 1. The quantitative estimate of drug-likeness (QED) is 0.549. The first-order chi connectivity index (χ1) is 14.7. The SMILES string of the molecule is NC(=O)Oc1cc2c(Br)c(N3CCN(Cc4cccc(C(F)(F)F)c4)CC3)ccc2o1. The summed E-state index contributed by atoms with van der Waals surface area (Å²) in [6.45, 7) is 3.31. The van der Waals surface area contributed by atoms with Gasteiger partial charge in [0.2, 0.25) is 0 Å². The van der Waals surface area contributed by atoms with Crippen molar-refractivity contribution in [3.8, 4) is 5.95 Å². The Kier molecular flexibility index (Phi) is 5.85. The fourth-order valence-corrected chi connectivity index (χ4v) is 4.38. The Labute approximate surface area is 184 Å². The number of carbonyl (C=O) groups excluding carboxylic acids is 1. The molecular formula is C21H19BrF3N3O3. The van der Waals surface area contributed by atoms with Gasteiger partial charge in [0, 0.05) is 44.2 Å². The van der Waals surface area contributed by atoms with Gasteiger partial charge in [-0.15, -0.1) is 0 Å². The zero-order chi connectivity index (χ0) is 22.2. The van der Waals surface area contributed by atoms with Crippen molar-refractivity contribution in [2.75, 3.05) is 31.1 Å². The van der Waals surface area contributed by atoms with Gasteiger partial charge in [-0.1, -0.05) is 18.2 Å². The summed E-state index contributed by atoms with van der Waals surface area (Å²) in [7, 11) is 0. The summed E-state index contributed by atoms with van der Waals surface area (Å²) >= 11 is 3.60. The van der Waals surface area contributed by atoms with Gasteiger partial charge in [-0.2, -0.15) is 13.2 Å². The van der Waals surface area contributed by atoms with Gasteiger partial charge in [-0.25, -0.2) is 4.79 Å². The van der Waals surface area contributed by atoms with Crippen LogP contribution in [-0.2, 0) is 12.7 Å². The summed E-state index contributed by atoms with van der Waals surface area (Å²) in [5, 5.41) is 0.750. The number of anilines is 1. The Bertz CT molecular complexity index is 1110. The Morgan fingerprint density at radius 2 is 1.87 bits per heavy atom. The maximum Gasteiger partial charge on any atom is 0.416 e. The van der Waals surface area contributed by atoms with Crippen molar-refractivity contribution in [3.63, 3.8) is 0 Å². The van der Waals surface area contributed by atoms with E-state index >= 15 is 0 Å². The van der Waals surface area contributed by atoms with E-state index in [9.17, 15) is 18.0 Å². The zero-order valence-electron chi connectivity index (χ0n) is 16.3. The number of hydrogen-bond donors (Lipinski definition) is 1. The summed E-state index contributed by atoms with van der Waals surface area (Å²) in [5.74, 6) is 0.0197. The summed E-state index contributed by atoms with van der Waals surface area (Å²) in [5.41, 5.74) is 6.55. The minimum atomic E-state index is -4.34. The Balaban J connectivity index is 1.43. The van der Waals surface area contributed by atoms with Crippen LogP contribution in [0.3, 0.4) is 0 Å². The largest absolute Gasteiger partial charge is 0.425 e. The molecule has 3 aromatic rings. The number of primary amides is 1. The van der Waals surface area contributed by atoms with Gasteiger partial charge in [0.25, 0.3) is 5.95 Å². The topological polar surface area (TPSA) is 71.9 Å². The van der Waals surface area contributed by atoms with Crippen LogP contribution in [0.15, 0.2) is 51.4 Å². The molecule has 1 aromatic heterocycles. The van der Waals surface area contributed by atoms with E-state index in [0.29, 0.717) is 43.9 Å². The molecule has 0 atom stereocenters. The summed E-state index contributed by atoms with van der Waals surface area (Å²) in [6.07, 6.45) is -5.29. The van der Waals surface area contributed by atoms with E-state index in [1.165, 1.54) is 12.1 Å². The molecule has 0 bridgehead atoms. The normalized spacial score (nSPS) is 15.4. The Morgan fingerprint density at radius 1 is 1.13 bits per heavy atom. The fraction of sp³-hybridized carbons (Fsp3) is 0.286. The van der Waals surface area contributed by atoms with E-state index in [2.05, 4.69) is 25.7 Å². The number of benzene rings is 2. The molecule has 1 aliphatic heterocycles. The predicted octanol–water partition coefficient (Wildman–Crippen LogP) is 4.99. The van der Waals surface area contributed by atoms with Crippen molar-refractivity contribution in [2.24, 2.45) is 5.73 Å². The predicted molar refractivity (Wildman–Crippen MR) is 113 cm³/mol. The molecule has 0 aliphatic carbocycles. The highest BCUT2D eigenvalue weighted by atomic mass is 79.9. The number of fused-ring (bicyclic) bond motifs is 1. The van der Waals surface area contributed by atoms with Gasteiger partial charge < -0.3 is 19.8 Å². The summed E-state index contributed by atoms with van der Waals surface area (Å²) < 4.78 is 49.9. The van der Waals surface area contributed by atoms with Gasteiger partial charge in [-0.3, -0.25) is 4.90 Å². The first kappa shape index (κ1) is 21.5. The molecule has 10 heteroatoms. The number of ether oxygens (including phenoxy) is 1. The molecule has 0 spiro atoms. The lowest BCUT2D eigenvalue weighted by Crippen LogP contribution is -2.46. The molecule has 6 nitrogen and oxygen atoms in total. The molecule has 1 amide bonds. The number of rotatable bonds is 4. The summed E-state index contributed by atoms with van der Waals surface area (Å²) in [6, 6.07) is 10.8. The van der Waals surface area contributed by atoms with Crippen molar-refractivity contribution in [1.82, 2.24) is 4.90 Å². The lowest BCUT2D eigenvalue weighted by molar-refractivity contribution is -0.137. The van der Waals surface area contributed by atoms with E-state index < -0.39 is 17.8 Å². The minimum Gasteiger partial charge on any atom is -0.425 e. The number of amides is 1. The molecule has 0 radical (unpaired) electrons. The van der Waals surface area contributed by atoms with Crippen LogP contribution in [0.5, 0.6) is 5.95 Å². The van der Waals surface area contributed by atoms with Gasteiger partial charge in [0.05, 0.1) is 15.7 Å². The van der Waals surface area contributed by atoms with Crippen molar-refractivity contribution < 1.29 is 27.1 Å². The third-order valence-electron chi connectivity index (χ3n) is 5.17. The number of alkyl halides is 3. The number of carbonyl (C=O) groups is 1. The zero-order valence-corrected chi connectivity index (χ0v) is 17.9. The molecule has 1 fully saturated rings. The van der Waals surface area contributed by atoms with Crippen LogP contribution in [0.1, 0.15) is 11.1 Å². The molecular weight excluding hydrogens is 479 g/mol. The minimum absolute atomic E-state index is 0.0197. The highest BCUT2D eigenvalue weighted by Gasteiger charge is 2.30. The first-order valence-electron chi connectivity index (χ1n) is 9.53. The standard InChI is InChI=1S/C21H19BrF3N3O3/c22-19-15-11-18(31-20(26)29)30-17(15)5-4-16(19)28-8-6-27(7-9-28)12-13-2-1-3-14(10-13)21(23,24)25/h1-5,10-11H,6-9,12H2,(H2,26,29). The molecule has 4 rings (SSSR count). The van der Waals surface area contributed by atoms with Crippen molar-refractivity contribution in [2.45, 2.75) is 12.7 Å². The molecule has 1 aliphatic rings. The number of hydrogen-bond acceptors (Lipinski definition) is 5. The van der Waals surface area contributed by atoms with E-state index in [4.69, 9.17) is 14.9 Å². The molecule has 164 valence electrons. The maximum absolute atomic E-state index is 12.9. The average Bonchev–Trinajstić information content (AvgIpc) is 3.11. The fourth-order valence-electron chi connectivity index (χ4n) is 3.69. The summed E-state index contributed by atoms with van der Waals surface area (Å²) in [4.78, 5) is 15.3. The van der Waals surface area contributed by atoms with E-state index in [1.807, 2.05) is 6.07 Å². The van der Waals surface area contributed by atoms with Crippen molar-refractivity contribution in [3.05, 3.63) is 58.1 Å². The van der Waals surface area contributed by atoms with Crippen molar-refractivity contribution in [1.29, 1.82) is 0 Å². The second-order valence-electron chi connectivity index (χ2n) is 7.26. The van der Waals surface area contributed by atoms with Crippen LogP contribution in [-0.4, -0.2) is 37.2 Å². The highest BCUT2D eigenvalue weighted by Crippen LogP contribution is 2.38. The first-order valence-corrected chi connectivity index (χ1v) is 10.3. The second kappa shape index (κ2) is 8.43. The van der Waals surface area contributed by atoms with Crippen LogP contribution in [0.25, 0.3) is 11.0 Å². The van der Waals surface area contributed by atoms with Crippen LogP contribution in [0, 0.1) is 0 Å². The third kappa shape index (κ3) is 4.80. The van der Waals surface area contributed by atoms with E-state index in [1.54, 1.807) is 18.2 Å². The molecule has 2 N–H and O–H groups in total. The molecule has 0 unspecified atom stereocenters. The second-order valence-corrected chi connectivity index (χ2v) is 8.05. The average molecular weight is 498 g/mol. The Morgan fingerprint density at radius 3 is 2.55 bits per heavy atom.